The molecule has 1 aromatic rings. The van der Waals surface area contributed by atoms with Crippen LogP contribution >= 0.6 is 0 Å². The molecule has 2 fully saturated rings. The summed E-state index contributed by atoms with van der Waals surface area (Å²) < 4.78 is 7.30. The van der Waals surface area contributed by atoms with Gasteiger partial charge in [-0.05, 0) is 31.7 Å². The number of nitrogens with zero attached hydrogens (tertiary/aromatic N) is 3. The molecule has 1 aliphatic carbocycles. The van der Waals surface area contributed by atoms with E-state index in [1.807, 2.05) is 21.8 Å². The number of aryl methyl sites for hydroxylation is 1. The highest BCUT2D eigenvalue weighted by atomic mass is 16.5. The fourth-order valence-electron chi connectivity index (χ4n) is 2.76. The van der Waals surface area contributed by atoms with Crippen molar-refractivity contribution in [3.8, 4) is 0 Å². The van der Waals surface area contributed by atoms with E-state index < -0.39 is 0 Å². The molecular weight excluding hydrogens is 268 g/mol. The van der Waals surface area contributed by atoms with E-state index in [0.29, 0.717) is 18.5 Å². The summed E-state index contributed by atoms with van der Waals surface area (Å²) in [6.07, 6.45) is 7.99. The van der Waals surface area contributed by atoms with E-state index >= 15 is 0 Å². The van der Waals surface area contributed by atoms with E-state index in [1.165, 1.54) is 0 Å². The van der Waals surface area contributed by atoms with Gasteiger partial charge in [0.15, 0.2) is 0 Å². The van der Waals surface area contributed by atoms with Crippen molar-refractivity contribution < 1.29 is 9.53 Å². The number of rotatable bonds is 7. The van der Waals surface area contributed by atoms with Crippen LogP contribution in [0, 0.1) is 5.92 Å². The molecule has 21 heavy (non-hydrogen) atoms. The normalized spacial score (nSPS) is 21.4. The summed E-state index contributed by atoms with van der Waals surface area (Å²) in [6, 6.07) is 2.46. The Balaban J connectivity index is 1.39. The molecule has 3 rings (SSSR count). The van der Waals surface area contributed by atoms with Gasteiger partial charge in [0.2, 0.25) is 0 Å². The van der Waals surface area contributed by atoms with Gasteiger partial charge >= 0.3 is 6.03 Å². The van der Waals surface area contributed by atoms with Crippen LogP contribution in [0.4, 0.5) is 4.79 Å². The van der Waals surface area contributed by atoms with Gasteiger partial charge in [-0.15, -0.1) is 0 Å². The molecule has 0 bridgehead atoms. The summed E-state index contributed by atoms with van der Waals surface area (Å²) in [7, 11) is 0. The van der Waals surface area contributed by atoms with Gasteiger partial charge in [-0.2, -0.15) is 5.10 Å². The molecule has 6 nitrogen and oxygen atoms in total. The Morgan fingerprint density at radius 2 is 2.33 bits per heavy atom. The monoisotopic (exact) mass is 292 g/mol. The van der Waals surface area contributed by atoms with Crippen LogP contribution in [0.2, 0.25) is 0 Å². The molecule has 0 radical (unpaired) electrons. The van der Waals surface area contributed by atoms with Gasteiger partial charge in [-0.3, -0.25) is 4.68 Å². The van der Waals surface area contributed by atoms with Gasteiger partial charge in [0.25, 0.3) is 0 Å². The number of amides is 2. The highest BCUT2D eigenvalue weighted by Gasteiger charge is 2.34. The van der Waals surface area contributed by atoms with Crippen LogP contribution in [-0.4, -0.2) is 53.1 Å². The molecule has 1 saturated heterocycles. The van der Waals surface area contributed by atoms with Gasteiger partial charge in [-0.25, -0.2) is 4.79 Å². The average molecular weight is 292 g/mol. The van der Waals surface area contributed by atoms with Gasteiger partial charge in [0, 0.05) is 50.6 Å². The lowest BCUT2D eigenvalue weighted by molar-refractivity contribution is 0.162. The van der Waals surface area contributed by atoms with E-state index in [-0.39, 0.29) is 6.03 Å². The van der Waals surface area contributed by atoms with Crippen molar-refractivity contribution in [1.29, 1.82) is 0 Å². The molecule has 0 spiro atoms. The molecular formula is C15H24N4O2. The molecule has 2 aliphatic rings. The van der Waals surface area contributed by atoms with Crippen molar-refractivity contribution in [3.05, 3.63) is 18.5 Å². The minimum Gasteiger partial charge on any atom is -0.381 e. The summed E-state index contributed by atoms with van der Waals surface area (Å²) in [5, 5.41) is 7.20. The Bertz CT molecular complexity index is 439. The second kappa shape index (κ2) is 6.93. The summed E-state index contributed by atoms with van der Waals surface area (Å²) in [5.41, 5.74) is 0. The summed E-state index contributed by atoms with van der Waals surface area (Å²) >= 11 is 0. The number of aromatic nitrogens is 2. The predicted octanol–water partition coefficient (Wildman–Crippen LogP) is 1.48. The van der Waals surface area contributed by atoms with E-state index in [4.69, 9.17) is 4.74 Å². The molecule has 6 heteroatoms. The molecule has 0 unspecified atom stereocenters. The molecule has 2 heterocycles. The molecule has 1 atom stereocenters. The summed E-state index contributed by atoms with van der Waals surface area (Å²) in [6.45, 7) is 4.02. The maximum absolute atomic E-state index is 12.3. The summed E-state index contributed by atoms with van der Waals surface area (Å²) in [4.78, 5) is 14.3. The smallest absolute Gasteiger partial charge is 0.317 e. The van der Waals surface area contributed by atoms with E-state index in [0.717, 1.165) is 52.0 Å². The van der Waals surface area contributed by atoms with Gasteiger partial charge in [0.1, 0.15) is 0 Å². The lowest BCUT2D eigenvalue weighted by atomic mass is 10.1. The maximum atomic E-state index is 12.3. The van der Waals surface area contributed by atoms with Gasteiger partial charge in [-0.1, -0.05) is 0 Å². The van der Waals surface area contributed by atoms with Crippen molar-refractivity contribution in [2.24, 2.45) is 5.92 Å². The lowest BCUT2D eigenvalue weighted by Gasteiger charge is -2.25. The van der Waals surface area contributed by atoms with Crippen molar-refractivity contribution in [2.75, 3.05) is 26.3 Å². The number of urea groups is 1. The van der Waals surface area contributed by atoms with E-state index in [2.05, 4.69) is 10.4 Å². The van der Waals surface area contributed by atoms with Crippen LogP contribution < -0.4 is 5.32 Å². The molecule has 1 N–H and O–H groups in total. The third-order valence-corrected chi connectivity index (χ3v) is 4.13. The first-order valence-corrected chi connectivity index (χ1v) is 7.92. The Kier molecular flexibility index (Phi) is 4.75. The number of nitrogens with one attached hydrogen (secondary N) is 1. The topological polar surface area (TPSA) is 59.4 Å². The Labute approximate surface area is 125 Å². The Hall–Kier alpha value is -1.56. The van der Waals surface area contributed by atoms with Crippen LogP contribution in [0.1, 0.15) is 25.7 Å². The zero-order valence-electron chi connectivity index (χ0n) is 12.4. The number of hydrogen-bond donors (Lipinski definition) is 1. The maximum Gasteiger partial charge on any atom is 0.317 e. The Morgan fingerprint density at radius 1 is 1.43 bits per heavy atom. The first-order chi connectivity index (χ1) is 10.3. The van der Waals surface area contributed by atoms with Crippen molar-refractivity contribution in [2.45, 2.75) is 38.3 Å². The molecule has 2 amide bonds. The highest BCUT2D eigenvalue weighted by molar-refractivity contribution is 5.74. The number of ether oxygens (including phenoxy) is 1. The number of carbonyl (C=O) groups is 1. The first kappa shape index (κ1) is 14.4. The van der Waals surface area contributed by atoms with Crippen molar-refractivity contribution in [3.63, 3.8) is 0 Å². The lowest BCUT2D eigenvalue weighted by Crippen LogP contribution is -2.44. The second-order valence-corrected chi connectivity index (χ2v) is 5.97. The summed E-state index contributed by atoms with van der Waals surface area (Å²) in [5.74, 6) is 0.514. The highest BCUT2D eigenvalue weighted by Crippen LogP contribution is 2.28. The standard InChI is InChI=1S/C15H24N4O2/c20-15(16-6-1-8-18-9-2-7-17-18)19(14-3-4-14)11-13-5-10-21-12-13/h2,7,9,13-14H,1,3-6,8,10-12H2,(H,16,20)/t13-/m0/s1. The minimum absolute atomic E-state index is 0.0878. The predicted molar refractivity (Wildman–Crippen MR) is 78.9 cm³/mol. The Morgan fingerprint density at radius 3 is 3.00 bits per heavy atom. The van der Waals surface area contributed by atoms with Crippen molar-refractivity contribution >= 4 is 6.03 Å². The average Bonchev–Trinajstić information content (AvgIpc) is 2.99. The first-order valence-electron chi connectivity index (χ1n) is 7.92. The van der Waals surface area contributed by atoms with Crippen LogP contribution in [-0.2, 0) is 11.3 Å². The second-order valence-electron chi connectivity index (χ2n) is 5.97. The molecule has 0 aromatic carbocycles. The van der Waals surface area contributed by atoms with Crippen LogP contribution in [0.25, 0.3) is 0 Å². The van der Waals surface area contributed by atoms with E-state index in [9.17, 15) is 4.79 Å². The third-order valence-electron chi connectivity index (χ3n) is 4.13. The fourth-order valence-corrected chi connectivity index (χ4v) is 2.76. The molecule has 116 valence electrons. The number of hydrogen-bond acceptors (Lipinski definition) is 3. The SMILES string of the molecule is O=C(NCCCn1cccn1)N(C[C@@H]1CCOC1)C1CC1. The van der Waals surface area contributed by atoms with Gasteiger partial charge < -0.3 is 15.0 Å². The zero-order chi connectivity index (χ0) is 14.5. The molecule has 1 aliphatic heterocycles. The minimum atomic E-state index is 0.0878. The third kappa shape index (κ3) is 4.20. The zero-order valence-corrected chi connectivity index (χ0v) is 12.4. The molecule has 1 aromatic heterocycles. The van der Waals surface area contributed by atoms with Crippen LogP contribution in [0.15, 0.2) is 18.5 Å². The van der Waals surface area contributed by atoms with Crippen LogP contribution in [0.5, 0.6) is 0 Å². The number of carbonyl (C=O) groups excluding carboxylic acids is 1. The van der Waals surface area contributed by atoms with E-state index in [1.54, 1.807) is 6.20 Å². The fraction of sp³-hybridized carbons (Fsp3) is 0.733. The quantitative estimate of drug-likeness (QED) is 0.775. The van der Waals surface area contributed by atoms with Gasteiger partial charge in [0.05, 0.1) is 6.61 Å². The van der Waals surface area contributed by atoms with Crippen LogP contribution in [0.3, 0.4) is 0 Å². The largest absolute Gasteiger partial charge is 0.381 e. The molecule has 1 saturated carbocycles. The van der Waals surface area contributed by atoms with Crippen molar-refractivity contribution in [1.82, 2.24) is 20.0 Å².